The van der Waals surface area contributed by atoms with Gasteiger partial charge in [0.1, 0.15) is 5.54 Å². The molecule has 1 N–H and O–H groups in total. The largest absolute Gasteiger partial charge is 0.321 e. The molecule has 12 heteroatoms. The number of nitrogens with zero attached hydrogens (tertiary/aromatic N) is 8. The Kier molecular flexibility index (Phi) is 5.47. The first kappa shape index (κ1) is 21.0. The maximum Gasteiger partial charge on any atom is 0.227 e. The minimum absolute atomic E-state index is 0.105. The van der Waals surface area contributed by atoms with E-state index in [1.165, 1.54) is 4.31 Å². The van der Waals surface area contributed by atoms with Gasteiger partial charge in [-0.2, -0.15) is 19.8 Å². The maximum atomic E-state index is 12.3. The summed E-state index contributed by atoms with van der Waals surface area (Å²) in [5.41, 5.74) is 1.52. The first-order valence-corrected chi connectivity index (χ1v) is 11.5. The van der Waals surface area contributed by atoms with Crippen LogP contribution in [-0.2, 0) is 22.6 Å². The minimum atomic E-state index is -3.30. The highest BCUT2D eigenvalue weighted by atomic mass is 32.2. The van der Waals surface area contributed by atoms with Crippen molar-refractivity contribution in [2.45, 2.75) is 25.3 Å². The Hall–Kier alpha value is -3.30. The van der Waals surface area contributed by atoms with E-state index in [-0.39, 0.29) is 25.3 Å². The number of sulfonamides is 1. The summed E-state index contributed by atoms with van der Waals surface area (Å²) in [5, 5.41) is 21.0. The van der Waals surface area contributed by atoms with Gasteiger partial charge in [0.2, 0.25) is 16.0 Å². The van der Waals surface area contributed by atoms with E-state index in [4.69, 9.17) is 0 Å². The zero-order chi connectivity index (χ0) is 22.1. The predicted molar refractivity (Wildman–Crippen MR) is 114 cm³/mol. The Morgan fingerprint density at radius 1 is 1.26 bits per heavy atom. The van der Waals surface area contributed by atoms with E-state index in [2.05, 4.69) is 31.6 Å². The molecular formula is C19H23N9O2S. The van der Waals surface area contributed by atoms with Crippen LogP contribution < -0.4 is 5.32 Å². The monoisotopic (exact) mass is 441 g/mol. The zero-order valence-corrected chi connectivity index (χ0v) is 18.1. The molecule has 1 aliphatic rings. The summed E-state index contributed by atoms with van der Waals surface area (Å²) in [4.78, 5) is 8.76. The van der Waals surface area contributed by atoms with Crippen LogP contribution in [0.25, 0.3) is 11.3 Å². The molecule has 0 aromatic carbocycles. The fourth-order valence-corrected chi connectivity index (χ4v) is 5.24. The smallest absolute Gasteiger partial charge is 0.227 e. The van der Waals surface area contributed by atoms with Crippen LogP contribution in [0.4, 0.5) is 11.6 Å². The molecule has 1 fully saturated rings. The average Bonchev–Trinajstić information content (AvgIpc) is 3.34. The zero-order valence-electron chi connectivity index (χ0n) is 17.3. The highest BCUT2D eigenvalue weighted by Gasteiger charge is 2.49. The standard InChI is InChI=1S/C19H23N9O2S/c1-3-8-31(29,30)27-13-19(14-27,5-6-20)28-11-15(9-23-28)17-4-7-21-18(25-17)24-16-10-22-26(2)12-16/h4,7,9-12H,3,5,8,13-14H2,1-2H3,(H,21,24,25). The molecule has 0 amide bonds. The summed E-state index contributed by atoms with van der Waals surface area (Å²) in [5.74, 6) is 0.527. The number of nitrogens with one attached hydrogen (secondary N) is 1. The lowest BCUT2D eigenvalue weighted by molar-refractivity contribution is 0.0718. The molecular weight excluding hydrogens is 418 g/mol. The Morgan fingerprint density at radius 2 is 2.06 bits per heavy atom. The second-order valence-electron chi connectivity index (χ2n) is 7.61. The molecule has 4 heterocycles. The Morgan fingerprint density at radius 3 is 2.74 bits per heavy atom. The lowest BCUT2D eigenvalue weighted by Gasteiger charge is -2.47. The van der Waals surface area contributed by atoms with Crippen LogP contribution in [0.3, 0.4) is 0 Å². The molecule has 3 aromatic rings. The van der Waals surface area contributed by atoms with Gasteiger partial charge >= 0.3 is 0 Å². The van der Waals surface area contributed by atoms with E-state index in [9.17, 15) is 13.7 Å². The third-order valence-electron chi connectivity index (χ3n) is 5.19. The van der Waals surface area contributed by atoms with Crippen molar-refractivity contribution >= 4 is 21.7 Å². The summed E-state index contributed by atoms with van der Waals surface area (Å²) in [6.45, 7) is 2.31. The minimum Gasteiger partial charge on any atom is -0.321 e. The van der Waals surface area contributed by atoms with Crippen molar-refractivity contribution in [1.82, 2.24) is 33.8 Å². The number of rotatable bonds is 8. The van der Waals surface area contributed by atoms with Gasteiger partial charge in [0.15, 0.2) is 0 Å². The SMILES string of the molecule is CCCS(=O)(=O)N1CC(CC#N)(n2cc(-c3ccnc(Nc4cnn(C)c4)n3)cn2)C1. The molecule has 3 aromatic heterocycles. The van der Waals surface area contributed by atoms with Crippen LogP contribution in [0.2, 0.25) is 0 Å². The highest BCUT2D eigenvalue weighted by Crippen LogP contribution is 2.35. The van der Waals surface area contributed by atoms with Crippen molar-refractivity contribution in [3.05, 3.63) is 37.1 Å². The van der Waals surface area contributed by atoms with Gasteiger partial charge in [0.25, 0.3) is 0 Å². The molecule has 11 nitrogen and oxygen atoms in total. The maximum absolute atomic E-state index is 12.3. The number of hydrogen-bond acceptors (Lipinski definition) is 8. The first-order chi connectivity index (χ1) is 14.8. The quantitative estimate of drug-likeness (QED) is 0.555. The second kappa shape index (κ2) is 8.09. The normalized spacial score (nSPS) is 15.9. The number of aryl methyl sites for hydroxylation is 1. The van der Waals surface area contributed by atoms with Crippen molar-refractivity contribution in [3.8, 4) is 17.3 Å². The third-order valence-corrected chi connectivity index (χ3v) is 7.16. The van der Waals surface area contributed by atoms with Gasteiger partial charge in [-0.3, -0.25) is 9.36 Å². The number of hydrogen-bond donors (Lipinski definition) is 1. The van der Waals surface area contributed by atoms with E-state index in [0.29, 0.717) is 18.1 Å². The molecule has 0 saturated carbocycles. The number of anilines is 2. The van der Waals surface area contributed by atoms with Crippen molar-refractivity contribution in [2.75, 3.05) is 24.2 Å². The van der Waals surface area contributed by atoms with Crippen LogP contribution in [-0.4, -0.2) is 61.1 Å². The van der Waals surface area contributed by atoms with E-state index in [1.807, 2.05) is 20.2 Å². The molecule has 162 valence electrons. The van der Waals surface area contributed by atoms with E-state index < -0.39 is 15.6 Å². The Balaban J connectivity index is 1.55. The molecule has 0 radical (unpaired) electrons. The van der Waals surface area contributed by atoms with Crippen LogP contribution in [0.1, 0.15) is 19.8 Å². The van der Waals surface area contributed by atoms with E-state index >= 15 is 0 Å². The summed E-state index contributed by atoms with van der Waals surface area (Å²) >= 11 is 0. The van der Waals surface area contributed by atoms with Crippen LogP contribution in [0.5, 0.6) is 0 Å². The van der Waals surface area contributed by atoms with Gasteiger partial charge < -0.3 is 5.32 Å². The Labute approximate surface area is 180 Å². The molecule has 31 heavy (non-hydrogen) atoms. The Bertz CT molecular complexity index is 1220. The number of nitriles is 1. The van der Waals surface area contributed by atoms with Crippen LogP contribution in [0, 0.1) is 11.3 Å². The van der Waals surface area contributed by atoms with Crippen molar-refractivity contribution in [2.24, 2.45) is 7.05 Å². The molecule has 4 rings (SSSR count). The highest BCUT2D eigenvalue weighted by molar-refractivity contribution is 7.89. The topological polar surface area (TPSA) is 135 Å². The summed E-state index contributed by atoms with van der Waals surface area (Å²) < 4.78 is 29.5. The molecule has 0 bridgehead atoms. The van der Waals surface area contributed by atoms with E-state index in [1.54, 1.807) is 40.2 Å². The molecule has 1 saturated heterocycles. The first-order valence-electron chi connectivity index (χ1n) is 9.84. The second-order valence-corrected chi connectivity index (χ2v) is 9.70. The summed E-state index contributed by atoms with van der Waals surface area (Å²) in [6, 6.07) is 3.94. The predicted octanol–water partition coefficient (Wildman–Crippen LogP) is 1.48. The number of aromatic nitrogens is 6. The fraction of sp³-hybridized carbons (Fsp3) is 0.421. The summed E-state index contributed by atoms with van der Waals surface area (Å²) in [7, 11) is -1.48. The van der Waals surface area contributed by atoms with Gasteiger partial charge in [-0.1, -0.05) is 6.92 Å². The van der Waals surface area contributed by atoms with Gasteiger partial charge in [0, 0.05) is 44.3 Å². The average molecular weight is 442 g/mol. The molecule has 1 aliphatic heterocycles. The molecule has 0 spiro atoms. The van der Waals surface area contributed by atoms with Gasteiger partial charge in [-0.05, 0) is 12.5 Å². The molecule has 0 atom stereocenters. The van der Waals surface area contributed by atoms with Gasteiger partial charge in [-0.25, -0.2) is 18.4 Å². The third kappa shape index (κ3) is 4.14. The van der Waals surface area contributed by atoms with E-state index in [0.717, 1.165) is 11.3 Å². The lowest BCUT2D eigenvalue weighted by atomic mass is 9.89. The lowest BCUT2D eigenvalue weighted by Crippen LogP contribution is -2.64. The van der Waals surface area contributed by atoms with Gasteiger partial charge in [0.05, 0.1) is 42.0 Å². The van der Waals surface area contributed by atoms with Gasteiger partial charge in [-0.15, -0.1) is 0 Å². The van der Waals surface area contributed by atoms with Crippen molar-refractivity contribution in [1.29, 1.82) is 5.26 Å². The van der Waals surface area contributed by atoms with Crippen LogP contribution >= 0.6 is 0 Å². The van der Waals surface area contributed by atoms with Crippen molar-refractivity contribution < 1.29 is 8.42 Å². The van der Waals surface area contributed by atoms with Crippen LogP contribution in [0.15, 0.2) is 37.1 Å². The molecule has 0 aliphatic carbocycles. The fourth-order valence-electron chi connectivity index (χ4n) is 3.59. The summed E-state index contributed by atoms with van der Waals surface area (Å²) in [6.07, 6.45) is 9.33. The molecule has 0 unspecified atom stereocenters. The van der Waals surface area contributed by atoms with Crippen molar-refractivity contribution in [3.63, 3.8) is 0 Å².